The molecule has 0 spiro atoms. The van der Waals surface area contributed by atoms with Crippen LogP contribution in [0.1, 0.15) is 46.2 Å². The maximum Gasteiger partial charge on any atom is 0.257 e. The number of carbonyl (C=O) groups excluding carboxylic acids is 2. The van der Waals surface area contributed by atoms with E-state index in [0.29, 0.717) is 45.9 Å². The standard InChI is InChI=1S/C24H24BrN3O4S/c1-2-3-12-32-21-11-8-17(14-20(21)25)23(30)28-24(33)27-18-9-6-16(7-10-18)22(29)26-15-19-5-4-13-31-19/h4-11,13-14H,2-3,12,15H2,1H3,(H,26,29)(H2,27,28,30,33). The summed E-state index contributed by atoms with van der Waals surface area (Å²) >= 11 is 8.68. The van der Waals surface area contributed by atoms with Crippen molar-refractivity contribution in [1.82, 2.24) is 10.6 Å². The van der Waals surface area contributed by atoms with Gasteiger partial charge in [0.1, 0.15) is 11.5 Å². The average Bonchev–Trinajstić information content (AvgIpc) is 3.33. The molecule has 2 aromatic carbocycles. The highest BCUT2D eigenvalue weighted by molar-refractivity contribution is 9.10. The van der Waals surface area contributed by atoms with Crippen molar-refractivity contribution in [1.29, 1.82) is 0 Å². The Morgan fingerprint density at radius 3 is 2.48 bits per heavy atom. The van der Waals surface area contributed by atoms with E-state index in [-0.39, 0.29) is 16.9 Å². The molecule has 0 fully saturated rings. The van der Waals surface area contributed by atoms with Gasteiger partial charge >= 0.3 is 0 Å². The maximum absolute atomic E-state index is 12.5. The molecular weight excluding hydrogens is 506 g/mol. The van der Waals surface area contributed by atoms with E-state index in [0.717, 1.165) is 12.8 Å². The molecule has 9 heteroatoms. The fourth-order valence-electron chi connectivity index (χ4n) is 2.81. The molecule has 0 aliphatic heterocycles. The third-order valence-electron chi connectivity index (χ3n) is 4.58. The minimum Gasteiger partial charge on any atom is -0.492 e. The second-order valence-electron chi connectivity index (χ2n) is 7.09. The number of thiocarbonyl (C=S) groups is 1. The zero-order valence-electron chi connectivity index (χ0n) is 18.0. The molecule has 0 radical (unpaired) electrons. The number of unbranched alkanes of at least 4 members (excludes halogenated alkanes) is 1. The number of nitrogens with one attached hydrogen (secondary N) is 3. The summed E-state index contributed by atoms with van der Waals surface area (Å²) in [4.78, 5) is 24.8. The van der Waals surface area contributed by atoms with Crippen molar-refractivity contribution < 1.29 is 18.7 Å². The predicted octanol–water partition coefficient (Wildman–Crippen LogP) is 5.28. The highest BCUT2D eigenvalue weighted by Gasteiger charge is 2.12. The van der Waals surface area contributed by atoms with Crippen molar-refractivity contribution >= 4 is 50.8 Å². The summed E-state index contributed by atoms with van der Waals surface area (Å²) in [7, 11) is 0. The first-order chi connectivity index (χ1) is 16.0. The fraction of sp³-hybridized carbons (Fsp3) is 0.208. The van der Waals surface area contributed by atoms with Crippen LogP contribution < -0.4 is 20.7 Å². The molecule has 2 amide bonds. The highest BCUT2D eigenvalue weighted by atomic mass is 79.9. The average molecular weight is 530 g/mol. The normalized spacial score (nSPS) is 10.4. The minimum atomic E-state index is -0.345. The number of hydrogen-bond acceptors (Lipinski definition) is 5. The van der Waals surface area contributed by atoms with E-state index < -0.39 is 0 Å². The summed E-state index contributed by atoms with van der Waals surface area (Å²) in [6.07, 6.45) is 3.57. The molecule has 1 aromatic heterocycles. The Balaban J connectivity index is 1.50. The van der Waals surface area contributed by atoms with Crippen molar-refractivity contribution in [2.24, 2.45) is 0 Å². The molecule has 172 valence electrons. The topological polar surface area (TPSA) is 92.6 Å². The number of carbonyl (C=O) groups is 2. The predicted molar refractivity (Wildman–Crippen MR) is 135 cm³/mol. The smallest absolute Gasteiger partial charge is 0.257 e. The van der Waals surface area contributed by atoms with Gasteiger partial charge in [0.15, 0.2) is 5.11 Å². The molecule has 0 aliphatic carbocycles. The summed E-state index contributed by atoms with van der Waals surface area (Å²) in [6, 6.07) is 15.4. The van der Waals surface area contributed by atoms with Crippen LogP contribution in [0.3, 0.4) is 0 Å². The quantitative estimate of drug-likeness (QED) is 0.258. The van der Waals surface area contributed by atoms with Crippen LogP contribution in [-0.2, 0) is 6.54 Å². The molecule has 0 unspecified atom stereocenters. The van der Waals surface area contributed by atoms with Crippen LogP contribution >= 0.6 is 28.1 Å². The summed E-state index contributed by atoms with van der Waals surface area (Å²) in [5.74, 6) is 0.797. The van der Waals surface area contributed by atoms with Crippen LogP contribution in [0.5, 0.6) is 5.75 Å². The first-order valence-corrected chi connectivity index (χ1v) is 11.6. The van der Waals surface area contributed by atoms with Crippen LogP contribution in [-0.4, -0.2) is 23.5 Å². The molecule has 1 heterocycles. The lowest BCUT2D eigenvalue weighted by atomic mass is 10.2. The van der Waals surface area contributed by atoms with Gasteiger partial charge in [-0.3, -0.25) is 14.9 Å². The second-order valence-corrected chi connectivity index (χ2v) is 8.36. The third kappa shape index (κ3) is 7.44. The van der Waals surface area contributed by atoms with Crippen molar-refractivity contribution in [2.45, 2.75) is 26.3 Å². The number of ether oxygens (including phenoxy) is 1. The van der Waals surface area contributed by atoms with E-state index in [1.807, 2.05) is 0 Å². The van der Waals surface area contributed by atoms with E-state index >= 15 is 0 Å². The van der Waals surface area contributed by atoms with Crippen LogP contribution in [0.15, 0.2) is 69.8 Å². The van der Waals surface area contributed by atoms with Crippen molar-refractivity contribution in [2.75, 3.05) is 11.9 Å². The van der Waals surface area contributed by atoms with Crippen LogP contribution in [0.4, 0.5) is 5.69 Å². The Kier molecular flexibility index (Phi) is 9.03. The number of amides is 2. The van der Waals surface area contributed by atoms with Crippen molar-refractivity contribution in [3.63, 3.8) is 0 Å². The number of benzene rings is 2. The molecule has 0 atom stereocenters. The van der Waals surface area contributed by atoms with Gasteiger partial charge in [0.05, 0.1) is 23.9 Å². The van der Waals surface area contributed by atoms with Crippen LogP contribution in [0.25, 0.3) is 0 Å². The summed E-state index contributed by atoms with van der Waals surface area (Å²) in [5.41, 5.74) is 1.58. The van der Waals surface area contributed by atoms with E-state index in [9.17, 15) is 9.59 Å². The summed E-state index contributed by atoms with van der Waals surface area (Å²) < 4.78 is 11.6. The molecule has 33 heavy (non-hydrogen) atoms. The molecular formula is C24H24BrN3O4S. The molecule has 3 N–H and O–H groups in total. The summed E-state index contributed by atoms with van der Waals surface area (Å²) in [5, 5.41) is 8.51. The fourth-order valence-corrected chi connectivity index (χ4v) is 3.51. The Hall–Kier alpha value is -3.17. The van der Waals surface area contributed by atoms with Crippen LogP contribution in [0.2, 0.25) is 0 Å². The number of furan rings is 1. The Bertz CT molecular complexity index is 1100. The van der Waals surface area contributed by atoms with Gasteiger partial charge in [-0.2, -0.15) is 0 Å². The lowest BCUT2D eigenvalue weighted by Gasteiger charge is -2.12. The van der Waals surface area contributed by atoms with Crippen LogP contribution in [0, 0.1) is 0 Å². The van der Waals surface area contributed by atoms with Crippen molar-refractivity contribution in [3.8, 4) is 5.75 Å². The first-order valence-electron chi connectivity index (χ1n) is 10.4. The monoisotopic (exact) mass is 529 g/mol. The van der Waals surface area contributed by atoms with Gasteiger partial charge in [-0.1, -0.05) is 13.3 Å². The molecule has 7 nitrogen and oxygen atoms in total. The van der Waals surface area contributed by atoms with Gasteiger partial charge in [0.25, 0.3) is 11.8 Å². The molecule has 3 rings (SSSR count). The SMILES string of the molecule is CCCCOc1ccc(C(=O)NC(=S)Nc2ccc(C(=O)NCc3ccco3)cc2)cc1Br. The maximum atomic E-state index is 12.5. The third-order valence-corrected chi connectivity index (χ3v) is 5.41. The van der Waals surface area contributed by atoms with Crippen molar-refractivity contribution in [3.05, 3.63) is 82.2 Å². The lowest BCUT2D eigenvalue weighted by Crippen LogP contribution is -2.34. The summed E-state index contributed by atoms with van der Waals surface area (Å²) in [6.45, 7) is 3.03. The number of hydrogen-bond donors (Lipinski definition) is 3. The minimum absolute atomic E-state index is 0.148. The highest BCUT2D eigenvalue weighted by Crippen LogP contribution is 2.26. The molecule has 0 saturated heterocycles. The van der Waals surface area contributed by atoms with E-state index in [2.05, 4.69) is 38.8 Å². The van der Waals surface area contributed by atoms with Gasteiger partial charge < -0.3 is 19.8 Å². The second kappa shape index (κ2) is 12.2. The molecule has 0 aliphatic rings. The zero-order chi connectivity index (χ0) is 23.6. The molecule has 0 bridgehead atoms. The number of halogens is 1. The number of anilines is 1. The lowest BCUT2D eigenvalue weighted by molar-refractivity contribution is 0.0946. The Labute approximate surface area is 206 Å². The Morgan fingerprint density at radius 2 is 1.82 bits per heavy atom. The van der Waals surface area contributed by atoms with E-state index in [1.54, 1.807) is 60.9 Å². The number of rotatable bonds is 9. The van der Waals surface area contributed by atoms with E-state index in [1.165, 1.54) is 0 Å². The van der Waals surface area contributed by atoms with Gasteiger partial charge in [0, 0.05) is 16.8 Å². The van der Waals surface area contributed by atoms with E-state index in [4.69, 9.17) is 21.4 Å². The van der Waals surface area contributed by atoms with Gasteiger partial charge in [0.2, 0.25) is 0 Å². The zero-order valence-corrected chi connectivity index (χ0v) is 20.4. The largest absolute Gasteiger partial charge is 0.492 e. The molecule has 3 aromatic rings. The van der Waals surface area contributed by atoms with Gasteiger partial charge in [-0.25, -0.2) is 0 Å². The molecule has 0 saturated carbocycles. The first kappa shape index (κ1) is 24.5. The Morgan fingerprint density at radius 1 is 1.06 bits per heavy atom. The van der Waals surface area contributed by atoms with Gasteiger partial charge in [-0.05, 0) is 89.2 Å². The van der Waals surface area contributed by atoms with Gasteiger partial charge in [-0.15, -0.1) is 0 Å².